The van der Waals surface area contributed by atoms with Gasteiger partial charge in [0.1, 0.15) is 11.5 Å². The van der Waals surface area contributed by atoms with E-state index in [1.807, 2.05) is 32.0 Å². The van der Waals surface area contributed by atoms with Crippen LogP contribution in [0.2, 0.25) is 0 Å². The molecule has 1 aromatic heterocycles. The number of hydrogen-bond donors (Lipinski definition) is 0. The van der Waals surface area contributed by atoms with E-state index >= 15 is 0 Å². The van der Waals surface area contributed by atoms with Crippen molar-refractivity contribution in [3.63, 3.8) is 0 Å². The Bertz CT molecular complexity index is 544. The lowest BCUT2D eigenvalue weighted by molar-refractivity contribution is 0.323. The molecule has 0 amide bonds. The summed E-state index contributed by atoms with van der Waals surface area (Å²) >= 11 is 0. The molecule has 0 N–H and O–H groups in total. The van der Waals surface area contributed by atoms with Gasteiger partial charge in [0.25, 0.3) is 0 Å². The highest BCUT2D eigenvalue weighted by molar-refractivity contribution is 5.33. The van der Waals surface area contributed by atoms with Crippen LogP contribution in [0, 0.1) is 13.8 Å². The molecule has 2 aromatic rings. The third kappa shape index (κ3) is 3.39. The number of para-hydroxylation sites is 1. The first-order valence-corrected chi connectivity index (χ1v) is 6.84. The largest absolute Gasteiger partial charge is 0.496 e. The average Bonchev–Trinajstić information content (AvgIpc) is 2.77. The summed E-state index contributed by atoms with van der Waals surface area (Å²) in [6.45, 7) is 5.77. The van der Waals surface area contributed by atoms with Gasteiger partial charge in [-0.3, -0.25) is 0 Å². The Hall–Kier alpha value is -1.81. The summed E-state index contributed by atoms with van der Waals surface area (Å²) in [7, 11) is 3.83. The molecule has 20 heavy (non-hydrogen) atoms. The predicted octanol–water partition coefficient (Wildman–Crippen LogP) is 2.97. The molecule has 0 unspecified atom stereocenters. The molecule has 0 fully saturated rings. The lowest BCUT2D eigenvalue weighted by Crippen LogP contribution is -2.21. The summed E-state index contributed by atoms with van der Waals surface area (Å²) in [5, 5.41) is 3.99. The van der Waals surface area contributed by atoms with E-state index in [9.17, 15) is 0 Å². The maximum Gasteiger partial charge on any atom is 0.138 e. The van der Waals surface area contributed by atoms with E-state index in [4.69, 9.17) is 9.26 Å². The predicted molar refractivity (Wildman–Crippen MR) is 79.0 cm³/mol. The fraction of sp³-hybridized carbons (Fsp3) is 0.438. The van der Waals surface area contributed by atoms with Gasteiger partial charge in [-0.05, 0) is 38.9 Å². The van der Waals surface area contributed by atoms with Gasteiger partial charge in [-0.15, -0.1) is 0 Å². The van der Waals surface area contributed by atoms with Crippen LogP contribution in [0.25, 0.3) is 0 Å². The highest BCUT2D eigenvalue weighted by Crippen LogP contribution is 2.19. The smallest absolute Gasteiger partial charge is 0.138 e. The molecule has 2 rings (SSSR count). The molecule has 4 heteroatoms. The molecule has 1 heterocycles. The van der Waals surface area contributed by atoms with Gasteiger partial charge in [0.2, 0.25) is 0 Å². The summed E-state index contributed by atoms with van der Waals surface area (Å²) in [4.78, 5) is 2.28. The number of nitrogens with zero attached hydrogens (tertiary/aromatic N) is 2. The Morgan fingerprint density at radius 2 is 2.00 bits per heavy atom. The minimum Gasteiger partial charge on any atom is -0.496 e. The molecule has 0 saturated heterocycles. The SMILES string of the molecule is COc1ccccc1CCN(C)Cc1c(C)noc1C. The second-order valence-corrected chi connectivity index (χ2v) is 5.10. The van der Waals surface area contributed by atoms with Crippen molar-refractivity contribution in [1.82, 2.24) is 10.1 Å². The van der Waals surface area contributed by atoms with Gasteiger partial charge in [-0.1, -0.05) is 23.4 Å². The van der Waals surface area contributed by atoms with Crippen molar-refractivity contribution < 1.29 is 9.26 Å². The maximum atomic E-state index is 5.38. The highest BCUT2D eigenvalue weighted by Gasteiger charge is 2.11. The zero-order chi connectivity index (χ0) is 14.5. The fourth-order valence-corrected chi connectivity index (χ4v) is 2.30. The number of aromatic nitrogens is 1. The number of likely N-dealkylation sites (N-methyl/N-ethyl adjacent to an activating group) is 1. The summed E-state index contributed by atoms with van der Waals surface area (Å²) < 4.78 is 10.6. The molecular formula is C16H22N2O2. The summed E-state index contributed by atoms with van der Waals surface area (Å²) in [6.07, 6.45) is 0.962. The van der Waals surface area contributed by atoms with Crippen molar-refractivity contribution in [2.75, 3.05) is 20.7 Å². The van der Waals surface area contributed by atoms with Crippen LogP contribution in [0.4, 0.5) is 0 Å². The molecular weight excluding hydrogens is 252 g/mol. The number of methoxy groups -OCH3 is 1. The first-order valence-electron chi connectivity index (χ1n) is 6.84. The molecule has 0 radical (unpaired) electrons. The number of ether oxygens (including phenoxy) is 1. The van der Waals surface area contributed by atoms with Crippen LogP contribution in [0.3, 0.4) is 0 Å². The average molecular weight is 274 g/mol. The zero-order valence-corrected chi connectivity index (χ0v) is 12.6. The molecule has 0 aliphatic carbocycles. The normalized spacial score (nSPS) is 11.1. The lowest BCUT2D eigenvalue weighted by atomic mass is 10.1. The second kappa shape index (κ2) is 6.57. The van der Waals surface area contributed by atoms with Crippen molar-refractivity contribution >= 4 is 0 Å². The van der Waals surface area contributed by atoms with Crippen LogP contribution in [0.1, 0.15) is 22.6 Å². The number of benzene rings is 1. The molecule has 4 nitrogen and oxygen atoms in total. The Labute approximate surface area is 120 Å². The number of hydrogen-bond acceptors (Lipinski definition) is 4. The molecule has 0 aliphatic rings. The molecule has 0 saturated carbocycles. The van der Waals surface area contributed by atoms with Crippen molar-refractivity contribution in [3.05, 3.63) is 46.8 Å². The van der Waals surface area contributed by atoms with Gasteiger partial charge in [0.15, 0.2) is 0 Å². The monoisotopic (exact) mass is 274 g/mol. The minimum absolute atomic E-state index is 0.857. The Balaban J connectivity index is 1.94. The van der Waals surface area contributed by atoms with Gasteiger partial charge in [0.05, 0.1) is 12.8 Å². The number of rotatable bonds is 6. The van der Waals surface area contributed by atoms with Crippen LogP contribution in [-0.4, -0.2) is 30.8 Å². The van der Waals surface area contributed by atoms with Gasteiger partial charge >= 0.3 is 0 Å². The Morgan fingerprint density at radius 3 is 2.65 bits per heavy atom. The van der Waals surface area contributed by atoms with Gasteiger partial charge < -0.3 is 14.2 Å². The van der Waals surface area contributed by atoms with Gasteiger partial charge in [-0.25, -0.2) is 0 Å². The molecule has 0 aliphatic heterocycles. The standard InChI is InChI=1S/C16H22N2O2/c1-12-15(13(2)20-17-12)11-18(3)10-9-14-7-5-6-8-16(14)19-4/h5-8H,9-11H2,1-4H3. The summed E-state index contributed by atoms with van der Waals surface area (Å²) in [5.41, 5.74) is 3.40. The van der Waals surface area contributed by atoms with E-state index in [0.29, 0.717) is 0 Å². The molecule has 0 atom stereocenters. The first-order chi connectivity index (χ1) is 9.61. The molecule has 1 aromatic carbocycles. The van der Waals surface area contributed by atoms with Crippen molar-refractivity contribution in [3.8, 4) is 5.75 Å². The van der Waals surface area contributed by atoms with Gasteiger partial charge in [-0.2, -0.15) is 0 Å². The topological polar surface area (TPSA) is 38.5 Å². The fourth-order valence-electron chi connectivity index (χ4n) is 2.30. The van der Waals surface area contributed by atoms with Crippen LogP contribution < -0.4 is 4.74 Å². The first kappa shape index (κ1) is 14.6. The van der Waals surface area contributed by atoms with E-state index < -0.39 is 0 Å². The van der Waals surface area contributed by atoms with Crippen molar-refractivity contribution in [2.45, 2.75) is 26.8 Å². The Kier molecular flexibility index (Phi) is 4.79. The third-order valence-electron chi connectivity index (χ3n) is 3.56. The lowest BCUT2D eigenvalue weighted by Gasteiger charge is -2.17. The summed E-state index contributed by atoms with van der Waals surface area (Å²) in [6, 6.07) is 8.16. The highest BCUT2D eigenvalue weighted by atomic mass is 16.5. The van der Waals surface area contributed by atoms with Crippen LogP contribution in [0.5, 0.6) is 5.75 Å². The minimum atomic E-state index is 0.857. The summed E-state index contributed by atoms with van der Waals surface area (Å²) in [5.74, 6) is 1.87. The second-order valence-electron chi connectivity index (χ2n) is 5.10. The van der Waals surface area contributed by atoms with E-state index in [2.05, 4.69) is 23.2 Å². The van der Waals surface area contributed by atoms with E-state index in [-0.39, 0.29) is 0 Å². The zero-order valence-electron chi connectivity index (χ0n) is 12.6. The molecule has 0 spiro atoms. The van der Waals surface area contributed by atoms with Crippen LogP contribution >= 0.6 is 0 Å². The third-order valence-corrected chi connectivity index (χ3v) is 3.56. The van der Waals surface area contributed by atoms with E-state index in [0.717, 1.165) is 36.7 Å². The quantitative estimate of drug-likeness (QED) is 0.811. The van der Waals surface area contributed by atoms with Crippen LogP contribution in [0.15, 0.2) is 28.8 Å². The van der Waals surface area contributed by atoms with Crippen molar-refractivity contribution in [2.24, 2.45) is 0 Å². The van der Waals surface area contributed by atoms with E-state index in [1.54, 1.807) is 7.11 Å². The van der Waals surface area contributed by atoms with Crippen molar-refractivity contribution in [1.29, 1.82) is 0 Å². The number of aryl methyl sites for hydroxylation is 2. The maximum absolute atomic E-state index is 5.38. The van der Waals surface area contributed by atoms with E-state index in [1.165, 1.54) is 11.1 Å². The van der Waals surface area contributed by atoms with Gasteiger partial charge in [0, 0.05) is 18.7 Å². The molecule has 108 valence electrons. The van der Waals surface area contributed by atoms with Crippen LogP contribution in [-0.2, 0) is 13.0 Å². The molecule has 0 bridgehead atoms. The Morgan fingerprint density at radius 1 is 1.25 bits per heavy atom.